The van der Waals surface area contributed by atoms with Gasteiger partial charge in [-0.15, -0.1) is 0 Å². The standard InChI is InChI=1S/C6H11O5P.Li.H/c1-11-5(7)3-4-6(8)12(2,9)10;;/h3-4H2,1-2H3,(H,9,10);;. The van der Waals surface area contributed by atoms with Crippen molar-refractivity contribution < 1.29 is 23.8 Å². The van der Waals surface area contributed by atoms with Crippen molar-refractivity contribution >= 4 is 37.7 Å². The molecule has 1 unspecified atom stereocenters. The predicted octanol–water partition coefficient (Wildman–Crippen LogP) is -0.282. The summed E-state index contributed by atoms with van der Waals surface area (Å²) in [5.41, 5.74) is -0.798. The molecule has 0 aliphatic rings. The summed E-state index contributed by atoms with van der Waals surface area (Å²) in [4.78, 5) is 30.0. The van der Waals surface area contributed by atoms with Crippen LogP contribution in [0.3, 0.4) is 0 Å². The quantitative estimate of drug-likeness (QED) is 0.385. The summed E-state index contributed by atoms with van der Waals surface area (Å²) in [6.45, 7) is 0.951. The molecule has 0 radical (unpaired) electrons. The zero-order chi connectivity index (χ0) is 9.78. The molecule has 0 amide bonds. The molecule has 0 aromatic heterocycles. The first-order chi connectivity index (χ1) is 5.38. The Morgan fingerprint density at radius 1 is 1.38 bits per heavy atom. The van der Waals surface area contributed by atoms with E-state index in [2.05, 4.69) is 4.74 Å². The third-order valence-electron chi connectivity index (χ3n) is 1.23. The van der Waals surface area contributed by atoms with Crippen LogP contribution in [-0.4, -0.2) is 49.0 Å². The van der Waals surface area contributed by atoms with Gasteiger partial charge in [0.1, 0.15) is 0 Å². The van der Waals surface area contributed by atoms with Gasteiger partial charge >= 0.3 is 24.8 Å². The molecule has 13 heavy (non-hydrogen) atoms. The number of methoxy groups -OCH3 is 1. The van der Waals surface area contributed by atoms with Gasteiger partial charge in [0.15, 0.2) is 0 Å². The zero-order valence-electron chi connectivity index (χ0n) is 6.94. The third-order valence-corrected chi connectivity index (χ3v) is 2.38. The molecule has 0 saturated heterocycles. The molecule has 7 heteroatoms. The number of hydrogen-bond donors (Lipinski definition) is 1. The normalized spacial score (nSPS) is 13.8. The molecule has 0 spiro atoms. The van der Waals surface area contributed by atoms with Crippen molar-refractivity contribution in [3.63, 3.8) is 0 Å². The van der Waals surface area contributed by atoms with E-state index in [1.165, 1.54) is 7.11 Å². The van der Waals surface area contributed by atoms with Gasteiger partial charge in [-0.3, -0.25) is 14.2 Å². The van der Waals surface area contributed by atoms with E-state index in [4.69, 9.17) is 4.89 Å². The van der Waals surface area contributed by atoms with Crippen LogP contribution in [0.1, 0.15) is 12.8 Å². The third kappa shape index (κ3) is 7.03. The second-order valence-electron chi connectivity index (χ2n) is 2.35. The van der Waals surface area contributed by atoms with Gasteiger partial charge in [-0.05, 0) is 0 Å². The molecular formula is C6H12LiO5P. The van der Waals surface area contributed by atoms with Crippen LogP contribution in [0.25, 0.3) is 0 Å². The Hall–Kier alpha value is -0.0726. The molecule has 0 aliphatic heterocycles. The summed E-state index contributed by atoms with van der Waals surface area (Å²) in [7, 11) is -2.48. The van der Waals surface area contributed by atoms with Crippen LogP contribution in [0, 0.1) is 0 Å². The van der Waals surface area contributed by atoms with E-state index in [1.54, 1.807) is 0 Å². The van der Waals surface area contributed by atoms with E-state index in [1.807, 2.05) is 0 Å². The first-order valence-corrected chi connectivity index (χ1v) is 5.39. The van der Waals surface area contributed by atoms with Gasteiger partial charge in [-0.1, -0.05) is 0 Å². The average Bonchev–Trinajstić information content (AvgIpc) is 1.97. The number of esters is 1. The molecule has 0 saturated carbocycles. The number of hydrogen-bond acceptors (Lipinski definition) is 4. The predicted molar refractivity (Wildman–Crippen MR) is 49.2 cm³/mol. The van der Waals surface area contributed by atoms with Gasteiger partial charge in [0.25, 0.3) is 7.37 Å². The van der Waals surface area contributed by atoms with Crippen LogP contribution in [0.4, 0.5) is 0 Å². The average molecular weight is 202 g/mol. The molecule has 0 fully saturated rings. The van der Waals surface area contributed by atoms with Crippen LogP contribution in [0.5, 0.6) is 0 Å². The molecule has 0 aromatic rings. The second-order valence-corrected chi connectivity index (χ2v) is 4.61. The van der Waals surface area contributed by atoms with Crippen molar-refractivity contribution in [2.24, 2.45) is 0 Å². The van der Waals surface area contributed by atoms with Crippen LogP contribution in [0.15, 0.2) is 0 Å². The van der Waals surface area contributed by atoms with Crippen molar-refractivity contribution in [3.8, 4) is 0 Å². The topological polar surface area (TPSA) is 80.7 Å². The van der Waals surface area contributed by atoms with Crippen molar-refractivity contribution in [3.05, 3.63) is 0 Å². The Morgan fingerprint density at radius 3 is 2.15 bits per heavy atom. The van der Waals surface area contributed by atoms with Crippen molar-refractivity contribution in [2.75, 3.05) is 13.8 Å². The molecular weight excluding hydrogens is 190 g/mol. The maximum atomic E-state index is 10.8. The summed E-state index contributed by atoms with van der Waals surface area (Å²) >= 11 is 0. The van der Waals surface area contributed by atoms with Gasteiger partial charge in [0.05, 0.1) is 13.5 Å². The fourth-order valence-corrected chi connectivity index (χ4v) is 1.05. The fourth-order valence-electron chi connectivity index (χ4n) is 0.519. The number of ether oxygens (including phenoxy) is 1. The molecule has 72 valence electrons. The molecule has 0 aliphatic carbocycles. The molecule has 0 rings (SSSR count). The van der Waals surface area contributed by atoms with Crippen LogP contribution >= 0.6 is 7.37 Å². The molecule has 1 N–H and O–H groups in total. The Balaban J connectivity index is 0. The maximum absolute atomic E-state index is 10.8. The number of carbonyl (C=O) groups excluding carboxylic acids is 2. The fraction of sp³-hybridized carbons (Fsp3) is 0.667. The summed E-state index contributed by atoms with van der Waals surface area (Å²) < 4.78 is 14.9. The number of rotatable bonds is 4. The summed E-state index contributed by atoms with van der Waals surface area (Å²) in [5, 5.41) is 0. The van der Waals surface area contributed by atoms with E-state index in [0.717, 1.165) is 6.66 Å². The first-order valence-electron chi connectivity index (χ1n) is 3.28. The van der Waals surface area contributed by atoms with Gasteiger partial charge in [-0.2, -0.15) is 0 Å². The molecule has 0 bridgehead atoms. The van der Waals surface area contributed by atoms with E-state index in [-0.39, 0.29) is 31.7 Å². The van der Waals surface area contributed by atoms with Crippen LogP contribution in [0.2, 0.25) is 0 Å². The van der Waals surface area contributed by atoms with Crippen LogP contribution < -0.4 is 0 Å². The van der Waals surface area contributed by atoms with E-state index in [9.17, 15) is 14.2 Å². The van der Waals surface area contributed by atoms with Gasteiger partial charge in [0, 0.05) is 13.1 Å². The van der Waals surface area contributed by atoms with Crippen molar-refractivity contribution in [2.45, 2.75) is 12.8 Å². The molecule has 0 aromatic carbocycles. The van der Waals surface area contributed by atoms with E-state index >= 15 is 0 Å². The monoisotopic (exact) mass is 202 g/mol. The molecule has 0 heterocycles. The minimum absolute atomic E-state index is 0. The summed E-state index contributed by atoms with van der Waals surface area (Å²) in [6.07, 6.45) is -0.384. The Bertz CT molecular complexity index is 233. The minimum atomic E-state index is -3.67. The van der Waals surface area contributed by atoms with E-state index in [0.29, 0.717) is 0 Å². The Labute approximate surface area is 88.5 Å². The summed E-state index contributed by atoms with van der Waals surface area (Å²) in [6, 6.07) is 0. The molecule has 5 nitrogen and oxygen atoms in total. The zero-order valence-corrected chi connectivity index (χ0v) is 7.84. The van der Waals surface area contributed by atoms with Gasteiger partial charge in [-0.25, -0.2) is 0 Å². The number of carbonyl (C=O) groups is 2. The Kier molecular flexibility index (Phi) is 7.57. The SMILES string of the molecule is COC(=O)CCC(=O)P(C)(=O)O.[LiH]. The van der Waals surface area contributed by atoms with Gasteiger partial charge < -0.3 is 9.63 Å². The van der Waals surface area contributed by atoms with Gasteiger partial charge in [0.2, 0.25) is 5.52 Å². The summed E-state index contributed by atoms with van der Waals surface area (Å²) in [5.74, 6) is -0.559. The second kappa shape index (κ2) is 6.39. The molecule has 1 atom stereocenters. The van der Waals surface area contributed by atoms with Crippen LogP contribution in [-0.2, 0) is 18.9 Å². The van der Waals surface area contributed by atoms with Crippen molar-refractivity contribution in [1.29, 1.82) is 0 Å². The van der Waals surface area contributed by atoms with Crippen molar-refractivity contribution in [1.82, 2.24) is 0 Å². The first kappa shape index (κ1) is 15.4. The van der Waals surface area contributed by atoms with E-state index < -0.39 is 18.9 Å². The Morgan fingerprint density at radius 2 is 1.85 bits per heavy atom.